The molecule has 3 nitrogen and oxygen atoms in total. The van der Waals surface area contributed by atoms with Gasteiger partial charge in [-0.2, -0.15) is 0 Å². The third-order valence-electron chi connectivity index (χ3n) is 4.20. The summed E-state index contributed by atoms with van der Waals surface area (Å²) < 4.78 is 11.8. The van der Waals surface area contributed by atoms with Gasteiger partial charge in [0, 0.05) is 17.5 Å². The summed E-state index contributed by atoms with van der Waals surface area (Å²) in [6.07, 6.45) is 1.81. The molecule has 4 heteroatoms. The minimum Gasteiger partial charge on any atom is -0.459 e. The van der Waals surface area contributed by atoms with E-state index in [1.165, 1.54) is 0 Å². The van der Waals surface area contributed by atoms with Crippen molar-refractivity contribution in [3.8, 4) is 0 Å². The van der Waals surface area contributed by atoms with Crippen LogP contribution < -0.4 is 5.32 Å². The smallest absolute Gasteiger partial charge is 0.134 e. The molecule has 1 unspecified atom stereocenters. The number of hydrogen-bond acceptors (Lipinski definition) is 3. The molecule has 110 valence electrons. The number of rotatable bonds is 6. The first kappa shape index (κ1) is 15.4. The zero-order chi connectivity index (χ0) is 14.8. The number of methoxy groups -OCH3 is 1. The third kappa shape index (κ3) is 2.58. The van der Waals surface area contributed by atoms with E-state index in [1.807, 2.05) is 31.3 Å². The van der Waals surface area contributed by atoms with Gasteiger partial charge in [0.25, 0.3) is 0 Å². The Kier molecular flexibility index (Phi) is 4.74. The number of benzene rings is 1. The fourth-order valence-corrected chi connectivity index (χ4v) is 3.09. The van der Waals surface area contributed by atoms with Crippen molar-refractivity contribution >= 4 is 22.6 Å². The topological polar surface area (TPSA) is 34.4 Å². The van der Waals surface area contributed by atoms with E-state index < -0.39 is 0 Å². The highest BCUT2D eigenvalue weighted by Crippen LogP contribution is 2.37. The maximum absolute atomic E-state index is 6.03. The number of fused-ring (bicyclic) bond motifs is 1. The molecule has 2 rings (SSSR count). The van der Waals surface area contributed by atoms with Crippen molar-refractivity contribution in [2.75, 3.05) is 14.2 Å². The first-order chi connectivity index (χ1) is 9.60. The number of nitrogens with one attached hydrogen (secondary N) is 1. The van der Waals surface area contributed by atoms with Gasteiger partial charge in [-0.1, -0.05) is 25.4 Å². The monoisotopic (exact) mass is 295 g/mol. The van der Waals surface area contributed by atoms with Crippen molar-refractivity contribution in [3.05, 3.63) is 35.0 Å². The summed E-state index contributed by atoms with van der Waals surface area (Å²) in [4.78, 5) is 0. The Morgan fingerprint density at radius 3 is 2.55 bits per heavy atom. The highest BCUT2D eigenvalue weighted by Gasteiger charge is 2.38. The summed E-state index contributed by atoms with van der Waals surface area (Å²) in [5.74, 6) is 0.885. The summed E-state index contributed by atoms with van der Waals surface area (Å²) >= 11 is 6.03. The van der Waals surface area contributed by atoms with Gasteiger partial charge in [-0.05, 0) is 44.2 Å². The lowest BCUT2D eigenvalue weighted by molar-refractivity contribution is -0.0514. The molecule has 0 aliphatic carbocycles. The van der Waals surface area contributed by atoms with Gasteiger partial charge in [-0.25, -0.2) is 0 Å². The van der Waals surface area contributed by atoms with E-state index in [2.05, 4.69) is 19.2 Å². The number of ether oxygens (including phenoxy) is 1. The van der Waals surface area contributed by atoms with E-state index in [-0.39, 0.29) is 11.6 Å². The van der Waals surface area contributed by atoms with Gasteiger partial charge in [0.2, 0.25) is 0 Å². The van der Waals surface area contributed by atoms with Crippen LogP contribution in [-0.2, 0) is 4.74 Å². The molecule has 1 atom stereocenters. The minimum atomic E-state index is -0.271. The highest BCUT2D eigenvalue weighted by molar-refractivity contribution is 6.31. The Bertz CT molecular complexity index is 567. The van der Waals surface area contributed by atoms with Gasteiger partial charge >= 0.3 is 0 Å². The number of furan rings is 1. The molecule has 0 bridgehead atoms. The molecular weight excluding hydrogens is 274 g/mol. The van der Waals surface area contributed by atoms with Crippen LogP contribution in [0.15, 0.2) is 28.7 Å². The van der Waals surface area contributed by atoms with E-state index in [1.54, 1.807) is 7.11 Å². The molecule has 20 heavy (non-hydrogen) atoms. The number of halogens is 1. The lowest BCUT2D eigenvalue weighted by Crippen LogP contribution is -2.43. The second-order valence-corrected chi connectivity index (χ2v) is 5.47. The lowest BCUT2D eigenvalue weighted by atomic mass is 9.86. The maximum atomic E-state index is 6.03. The maximum Gasteiger partial charge on any atom is 0.134 e. The average Bonchev–Trinajstić information content (AvgIpc) is 2.87. The van der Waals surface area contributed by atoms with E-state index >= 15 is 0 Å². The van der Waals surface area contributed by atoms with Gasteiger partial charge < -0.3 is 14.5 Å². The predicted molar refractivity (Wildman–Crippen MR) is 83.3 cm³/mol. The predicted octanol–water partition coefficient (Wildman–Crippen LogP) is 4.55. The molecule has 0 saturated carbocycles. The Labute approximate surface area is 125 Å². The van der Waals surface area contributed by atoms with Gasteiger partial charge in [-0.3, -0.25) is 0 Å². The standard InChI is InChI=1S/C16H22ClNO2/c1-5-16(6-2,19-4)15(18-3)14-10-11-9-12(17)7-8-13(11)20-14/h7-10,15,18H,5-6H2,1-4H3. The van der Waals surface area contributed by atoms with Crippen LogP contribution in [0.2, 0.25) is 5.02 Å². The van der Waals surface area contributed by atoms with Crippen molar-refractivity contribution in [2.24, 2.45) is 0 Å². The summed E-state index contributed by atoms with van der Waals surface area (Å²) in [7, 11) is 3.70. The van der Waals surface area contributed by atoms with Crippen LogP contribution in [0.5, 0.6) is 0 Å². The minimum absolute atomic E-state index is 0.00803. The highest BCUT2D eigenvalue weighted by atomic mass is 35.5. The van der Waals surface area contributed by atoms with Crippen molar-refractivity contribution < 1.29 is 9.15 Å². The molecule has 0 fully saturated rings. The van der Waals surface area contributed by atoms with Crippen LogP contribution in [0, 0.1) is 0 Å². The van der Waals surface area contributed by atoms with Crippen LogP contribution in [0.25, 0.3) is 11.0 Å². The first-order valence-electron chi connectivity index (χ1n) is 7.01. The van der Waals surface area contributed by atoms with Crippen molar-refractivity contribution in [2.45, 2.75) is 38.3 Å². The van der Waals surface area contributed by atoms with Crippen LogP contribution in [0.1, 0.15) is 38.5 Å². The second-order valence-electron chi connectivity index (χ2n) is 5.03. The first-order valence-corrected chi connectivity index (χ1v) is 7.39. The lowest BCUT2D eigenvalue weighted by Gasteiger charge is -2.37. The molecule has 0 aliphatic rings. The number of hydrogen-bond donors (Lipinski definition) is 1. The summed E-state index contributed by atoms with van der Waals surface area (Å²) in [5, 5.41) is 5.07. The Balaban J connectivity index is 2.48. The molecule has 0 radical (unpaired) electrons. The summed E-state index contributed by atoms with van der Waals surface area (Å²) in [5.41, 5.74) is 0.578. The Hall–Kier alpha value is -1.03. The quantitative estimate of drug-likeness (QED) is 0.849. The molecule has 0 amide bonds. The van der Waals surface area contributed by atoms with Gasteiger partial charge in [0.15, 0.2) is 0 Å². The van der Waals surface area contributed by atoms with Crippen molar-refractivity contribution in [3.63, 3.8) is 0 Å². The van der Waals surface area contributed by atoms with Crippen LogP contribution in [0.3, 0.4) is 0 Å². The fourth-order valence-electron chi connectivity index (χ4n) is 2.91. The van der Waals surface area contributed by atoms with E-state index in [9.17, 15) is 0 Å². The Morgan fingerprint density at radius 2 is 2.00 bits per heavy atom. The van der Waals surface area contributed by atoms with E-state index in [4.69, 9.17) is 20.8 Å². The Morgan fingerprint density at radius 1 is 1.30 bits per heavy atom. The normalized spacial score (nSPS) is 13.8. The van der Waals surface area contributed by atoms with Gasteiger partial charge in [0.05, 0.1) is 11.6 Å². The average molecular weight is 296 g/mol. The second kappa shape index (κ2) is 6.17. The summed E-state index contributed by atoms with van der Waals surface area (Å²) in [6.45, 7) is 4.27. The third-order valence-corrected chi connectivity index (χ3v) is 4.44. The molecule has 1 aromatic heterocycles. The molecule has 1 heterocycles. The number of likely N-dealkylation sites (N-methyl/N-ethyl adjacent to an activating group) is 1. The molecule has 0 saturated heterocycles. The van der Waals surface area contributed by atoms with Crippen LogP contribution in [-0.4, -0.2) is 19.8 Å². The molecule has 0 aliphatic heterocycles. The van der Waals surface area contributed by atoms with E-state index in [0.717, 1.165) is 34.6 Å². The van der Waals surface area contributed by atoms with Crippen LogP contribution >= 0.6 is 11.6 Å². The molecular formula is C16H22ClNO2. The molecule has 2 aromatic rings. The van der Waals surface area contributed by atoms with Crippen molar-refractivity contribution in [1.82, 2.24) is 5.32 Å². The van der Waals surface area contributed by atoms with Gasteiger partial charge in [0.1, 0.15) is 11.3 Å². The largest absolute Gasteiger partial charge is 0.459 e. The van der Waals surface area contributed by atoms with Crippen molar-refractivity contribution in [1.29, 1.82) is 0 Å². The molecule has 1 N–H and O–H groups in total. The zero-order valence-electron chi connectivity index (χ0n) is 12.5. The van der Waals surface area contributed by atoms with E-state index in [0.29, 0.717) is 0 Å². The molecule has 0 spiro atoms. The SMILES string of the molecule is CCC(CC)(OC)C(NC)c1cc2cc(Cl)ccc2o1. The zero-order valence-corrected chi connectivity index (χ0v) is 13.3. The van der Waals surface area contributed by atoms with Gasteiger partial charge in [-0.15, -0.1) is 0 Å². The summed E-state index contributed by atoms with van der Waals surface area (Å²) in [6, 6.07) is 7.72. The fraction of sp³-hybridized carbons (Fsp3) is 0.500. The van der Waals surface area contributed by atoms with Crippen LogP contribution in [0.4, 0.5) is 0 Å². The molecule has 1 aromatic carbocycles.